The highest BCUT2D eigenvalue weighted by Crippen LogP contribution is 2.33. The van der Waals surface area contributed by atoms with Crippen LogP contribution in [0.3, 0.4) is 0 Å². The molecule has 0 aromatic heterocycles. The molecule has 1 unspecified atom stereocenters. The van der Waals surface area contributed by atoms with Crippen LogP contribution in [-0.2, 0) is 9.59 Å². The van der Waals surface area contributed by atoms with Gasteiger partial charge in [-0.05, 0) is 126 Å². The van der Waals surface area contributed by atoms with Crippen LogP contribution in [0.5, 0.6) is 5.75 Å². The van der Waals surface area contributed by atoms with E-state index in [2.05, 4.69) is 80.6 Å². The molecule has 0 fully saturated rings. The molecule has 2 aliphatic heterocycles. The summed E-state index contributed by atoms with van der Waals surface area (Å²) in [5.41, 5.74) is 7.58. The summed E-state index contributed by atoms with van der Waals surface area (Å²) >= 11 is 0. The summed E-state index contributed by atoms with van der Waals surface area (Å²) in [5.74, 6) is -2.64. The van der Waals surface area contributed by atoms with Crippen molar-refractivity contribution in [3.63, 3.8) is 0 Å². The van der Waals surface area contributed by atoms with Crippen LogP contribution in [0.15, 0.2) is 72.8 Å². The predicted octanol–water partition coefficient (Wildman–Crippen LogP) is 4.26. The summed E-state index contributed by atoms with van der Waals surface area (Å²) in [4.78, 5) is 39.4. The van der Waals surface area contributed by atoms with Gasteiger partial charge in [-0.25, -0.2) is 4.58 Å². The first-order valence-electron chi connectivity index (χ1n) is 17.8. The van der Waals surface area contributed by atoms with Crippen molar-refractivity contribution in [2.45, 2.75) is 65.6 Å². The Morgan fingerprint density at radius 2 is 1.48 bits per heavy atom. The molecule has 0 saturated heterocycles. The van der Waals surface area contributed by atoms with E-state index in [0.29, 0.717) is 5.92 Å². The number of hydrogen-bond donors (Lipinski definition) is 3. The van der Waals surface area contributed by atoms with Gasteiger partial charge >= 0.3 is 11.9 Å². The van der Waals surface area contributed by atoms with Gasteiger partial charge in [0.2, 0.25) is 5.36 Å². The first kappa shape index (κ1) is 36.6. The molecule has 52 heavy (non-hydrogen) atoms. The number of phenols is 1. The first-order valence-corrected chi connectivity index (χ1v) is 20.8. The second-order valence-electron chi connectivity index (χ2n) is 15.4. The Kier molecular flexibility index (Phi) is 9.42. The number of carbonyl (C=O) groups is 3. The highest BCUT2D eigenvalue weighted by atomic mass is 28.3. The topological polar surface area (TPSA) is 121 Å². The third-order valence-electron chi connectivity index (χ3n) is 11.0. The molecule has 0 saturated carbocycles. The Hall–Kier alpha value is -5.22. The maximum Gasteiger partial charge on any atom is 0.323 e. The number of benzene rings is 4. The monoisotopic (exact) mass is 718 g/mol. The number of aliphatic carboxylic acids is 2. The van der Waals surface area contributed by atoms with E-state index in [1.165, 1.54) is 26.5 Å². The quantitative estimate of drug-likeness (QED) is 0.175. The Morgan fingerprint density at radius 1 is 0.865 bits per heavy atom. The van der Waals surface area contributed by atoms with Crippen molar-refractivity contribution in [3.05, 3.63) is 111 Å². The molecule has 10 heteroatoms. The van der Waals surface area contributed by atoms with E-state index in [9.17, 15) is 29.7 Å². The minimum atomic E-state index is -2.34. The number of anilines is 2. The number of carboxylic acid groups (broad SMARTS) is 2. The lowest BCUT2D eigenvalue weighted by atomic mass is 9.82. The molecular formula is C42H48N3O6Si+. The van der Waals surface area contributed by atoms with E-state index in [0.717, 1.165) is 51.5 Å². The van der Waals surface area contributed by atoms with Crippen LogP contribution in [-0.4, -0.2) is 78.4 Å². The number of aryl methyl sites for hydroxylation is 1. The Morgan fingerprint density at radius 3 is 2.08 bits per heavy atom. The molecule has 9 nitrogen and oxygen atoms in total. The van der Waals surface area contributed by atoms with E-state index < -0.39 is 39.0 Å². The number of hydrogen-bond acceptors (Lipinski definition) is 5. The molecule has 4 aromatic carbocycles. The standard InChI is InChI=1S/C42H47N3O6Si/c1-9-45-35-21-37-34(20-33(35)26(3)22-42(45,4)5)40(31-16-10-27(18-25(31)2)41(51)44(23-38(47)48)24-39(49)50)32-17-13-29(19-36(32)52(37,7)8)43(6)28-11-14-30(46)15-12-28/h10-21,26H,9,22-24H2,1-8H3,(H2-,46,47,48,49,50,51)/p+1. The van der Waals surface area contributed by atoms with E-state index in [1.807, 2.05) is 32.2 Å². The number of fused-ring (bicyclic) bond motifs is 3. The molecule has 0 aliphatic carbocycles. The highest BCUT2D eigenvalue weighted by Gasteiger charge is 2.41. The van der Waals surface area contributed by atoms with Gasteiger partial charge in [0.05, 0.1) is 0 Å². The summed E-state index contributed by atoms with van der Waals surface area (Å²) < 4.78 is 2.54. The Balaban J connectivity index is 1.62. The number of nitrogens with zero attached hydrogens (tertiary/aromatic N) is 3. The summed E-state index contributed by atoms with van der Waals surface area (Å²) in [6, 6.07) is 24.1. The van der Waals surface area contributed by atoms with Gasteiger partial charge < -0.3 is 25.1 Å². The fourth-order valence-electron chi connectivity index (χ4n) is 8.52. The van der Waals surface area contributed by atoms with Crippen molar-refractivity contribution in [2.75, 3.05) is 31.6 Å². The zero-order chi connectivity index (χ0) is 37.9. The minimum Gasteiger partial charge on any atom is -0.508 e. The zero-order valence-corrected chi connectivity index (χ0v) is 32.2. The summed E-state index contributed by atoms with van der Waals surface area (Å²) in [5, 5.41) is 33.8. The van der Waals surface area contributed by atoms with Crippen LogP contribution >= 0.6 is 0 Å². The normalized spacial score (nSPS) is 16.7. The molecular weight excluding hydrogens is 671 g/mol. The van der Waals surface area contributed by atoms with E-state index in [1.54, 1.807) is 24.3 Å². The SMILES string of the molecule is CC[N+]1=c2cc3c(cc2C(C)CC1(C)C)=C(c1ccc(C(=O)N(CC(=O)O)CC(=O)O)cc1C)c1ccc(N(C)c2ccc(O)cc2)cc1[Si]3(C)C. The summed E-state index contributed by atoms with van der Waals surface area (Å²) in [6.07, 6.45) is 1.03. The molecule has 0 bridgehead atoms. The molecule has 2 heterocycles. The van der Waals surface area contributed by atoms with Crippen LogP contribution in [0.1, 0.15) is 72.6 Å². The molecule has 1 amide bonds. The van der Waals surface area contributed by atoms with Gasteiger partial charge in [0.15, 0.2) is 5.54 Å². The van der Waals surface area contributed by atoms with Crippen LogP contribution in [0.4, 0.5) is 11.4 Å². The number of phenolic OH excluding ortho intramolecular Hbond substituents is 1. The molecule has 1 atom stereocenters. The number of aromatic hydroxyl groups is 1. The molecule has 6 rings (SSSR count). The van der Waals surface area contributed by atoms with Gasteiger partial charge in [-0.15, -0.1) is 0 Å². The van der Waals surface area contributed by atoms with Crippen LogP contribution in [0.2, 0.25) is 13.1 Å². The first-order chi connectivity index (χ1) is 24.4. The van der Waals surface area contributed by atoms with Crippen molar-refractivity contribution in [1.29, 1.82) is 0 Å². The predicted molar refractivity (Wildman–Crippen MR) is 208 cm³/mol. The molecule has 2 aliphatic rings. The smallest absolute Gasteiger partial charge is 0.323 e. The fraction of sp³-hybridized carbons (Fsp3) is 0.333. The third-order valence-corrected chi connectivity index (χ3v) is 14.6. The fourth-order valence-corrected chi connectivity index (χ4v) is 11.6. The van der Waals surface area contributed by atoms with Crippen molar-refractivity contribution in [2.24, 2.45) is 0 Å². The second-order valence-corrected chi connectivity index (χ2v) is 19.7. The van der Waals surface area contributed by atoms with Gasteiger partial charge in [0.1, 0.15) is 33.5 Å². The summed E-state index contributed by atoms with van der Waals surface area (Å²) in [7, 11) is -0.314. The molecule has 270 valence electrons. The third kappa shape index (κ3) is 6.40. The van der Waals surface area contributed by atoms with E-state index in [-0.39, 0.29) is 16.9 Å². The lowest BCUT2D eigenvalue weighted by Crippen LogP contribution is -2.65. The molecule has 0 radical (unpaired) electrons. The van der Waals surface area contributed by atoms with Gasteiger partial charge in [-0.3, -0.25) is 14.4 Å². The maximum absolute atomic E-state index is 13.5. The van der Waals surface area contributed by atoms with Crippen LogP contribution < -0.4 is 30.4 Å². The van der Waals surface area contributed by atoms with Crippen molar-refractivity contribution < 1.29 is 29.7 Å². The lowest BCUT2D eigenvalue weighted by Gasteiger charge is -2.36. The van der Waals surface area contributed by atoms with E-state index >= 15 is 0 Å². The zero-order valence-electron chi connectivity index (χ0n) is 31.2. The maximum atomic E-state index is 13.5. The Bertz CT molecular complexity index is 2240. The van der Waals surface area contributed by atoms with Gasteiger partial charge in [-0.1, -0.05) is 32.2 Å². The van der Waals surface area contributed by atoms with Crippen molar-refractivity contribution >= 4 is 53.2 Å². The number of rotatable bonds is 9. The molecule has 4 aromatic rings. The number of carboxylic acids is 2. The van der Waals surface area contributed by atoms with E-state index in [4.69, 9.17) is 0 Å². The largest absolute Gasteiger partial charge is 0.508 e. The van der Waals surface area contributed by atoms with Crippen LogP contribution in [0, 0.1) is 6.92 Å². The number of amides is 1. The van der Waals surface area contributed by atoms with Crippen molar-refractivity contribution in [3.8, 4) is 5.75 Å². The number of carbonyl (C=O) groups excluding carboxylic acids is 1. The Labute approximate surface area is 305 Å². The van der Waals surface area contributed by atoms with Gasteiger partial charge in [0.25, 0.3) is 5.91 Å². The minimum absolute atomic E-state index is 0.00827. The molecule has 0 spiro atoms. The second kappa shape index (κ2) is 13.4. The summed E-state index contributed by atoms with van der Waals surface area (Å²) in [6.45, 7) is 15.5. The van der Waals surface area contributed by atoms with Crippen molar-refractivity contribution in [1.82, 2.24) is 9.48 Å². The van der Waals surface area contributed by atoms with Crippen LogP contribution in [0.25, 0.3) is 5.57 Å². The highest BCUT2D eigenvalue weighted by molar-refractivity contribution is 7.01. The van der Waals surface area contributed by atoms with Gasteiger partial charge in [0, 0.05) is 42.0 Å². The molecule has 3 N–H and O–H groups in total. The van der Waals surface area contributed by atoms with Gasteiger partial charge in [-0.2, -0.15) is 0 Å². The average molecular weight is 719 g/mol. The average Bonchev–Trinajstić information content (AvgIpc) is 3.07. The lowest BCUT2D eigenvalue weighted by molar-refractivity contribution is -0.140.